The van der Waals surface area contributed by atoms with Crippen LogP contribution in [0.25, 0.3) is 0 Å². The number of nitrogens with zero attached hydrogens (tertiary/aromatic N) is 1. The molecule has 2 aromatic rings. The van der Waals surface area contributed by atoms with Crippen molar-refractivity contribution in [2.75, 3.05) is 13.4 Å². The Morgan fingerprint density at radius 3 is 2.70 bits per heavy atom. The molecule has 0 saturated heterocycles. The summed E-state index contributed by atoms with van der Waals surface area (Å²) in [5.74, 6) is 4.42. The highest BCUT2D eigenvalue weighted by molar-refractivity contribution is 9.10. The molecule has 0 bridgehead atoms. The van der Waals surface area contributed by atoms with E-state index in [9.17, 15) is 5.26 Å². The molecule has 0 radical (unpaired) electrons. The summed E-state index contributed by atoms with van der Waals surface area (Å²) in [6.45, 7) is 0.307. The number of nitrogens with two attached hydrogens (primary N) is 1. The maximum Gasteiger partial charge on any atom is 0.231 e. The first-order valence-electron chi connectivity index (χ1n) is 7.99. The van der Waals surface area contributed by atoms with Crippen molar-refractivity contribution in [3.8, 4) is 41.4 Å². The van der Waals surface area contributed by atoms with Crippen LogP contribution in [0, 0.1) is 23.7 Å². The average Bonchev–Trinajstić information content (AvgIpc) is 3.11. The highest BCUT2D eigenvalue weighted by Gasteiger charge is 2.33. The summed E-state index contributed by atoms with van der Waals surface area (Å²) in [4.78, 5) is 0. The van der Waals surface area contributed by atoms with Crippen molar-refractivity contribution in [2.24, 2.45) is 5.73 Å². The summed E-state index contributed by atoms with van der Waals surface area (Å²) in [5, 5.41) is 9.67. The molecule has 0 aliphatic carbocycles. The smallest absolute Gasteiger partial charge is 0.231 e. The molecule has 4 rings (SSSR count). The van der Waals surface area contributed by atoms with Gasteiger partial charge in [0.25, 0.3) is 0 Å². The lowest BCUT2D eigenvalue weighted by Crippen LogP contribution is -2.21. The number of ether oxygens (including phenoxy) is 4. The summed E-state index contributed by atoms with van der Waals surface area (Å²) in [6, 6.07) is 11.3. The molecule has 2 aliphatic rings. The fourth-order valence-corrected chi connectivity index (χ4v) is 3.63. The standard InChI is InChI=1S/C20H13BrN2O4/c1-2-5-24-15-4-3-11(6-14(15)21)19-12-7-17-18(26-10-25-17)8-16(12)27-20(23)13(19)9-22/h1,3-4,6-8,19H,5,10,23H2/t19-/m0/s1. The van der Waals surface area contributed by atoms with Gasteiger partial charge < -0.3 is 24.7 Å². The predicted octanol–water partition coefficient (Wildman–Crippen LogP) is 3.41. The van der Waals surface area contributed by atoms with E-state index in [0.29, 0.717) is 28.6 Å². The molecule has 2 aromatic carbocycles. The second-order valence-corrected chi connectivity index (χ2v) is 6.71. The van der Waals surface area contributed by atoms with Crippen LogP contribution in [0.1, 0.15) is 17.0 Å². The van der Waals surface area contributed by atoms with E-state index in [0.717, 1.165) is 15.6 Å². The minimum absolute atomic E-state index is 0.0673. The Morgan fingerprint density at radius 1 is 1.22 bits per heavy atom. The van der Waals surface area contributed by atoms with E-state index in [-0.39, 0.29) is 19.3 Å². The van der Waals surface area contributed by atoms with Crippen LogP contribution in [-0.2, 0) is 0 Å². The molecule has 27 heavy (non-hydrogen) atoms. The van der Waals surface area contributed by atoms with Crippen LogP contribution in [-0.4, -0.2) is 13.4 Å². The first-order chi connectivity index (χ1) is 13.1. The number of hydrogen-bond acceptors (Lipinski definition) is 6. The van der Waals surface area contributed by atoms with Crippen LogP contribution in [0.15, 0.2) is 46.3 Å². The van der Waals surface area contributed by atoms with Crippen LogP contribution in [0.4, 0.5) is 0 Å². The van der Waals surface area contributed by atoms with E-state index in [2.05, 4.69) is 27.9 Å². The number of terminal acetylenes is 1. The molecule has 0 aromatic heterocycles. The Balaban J connectivity index is 1.83. The van der Waals surface area contributed by atoms with E-state index in [1.807, 2.05) is 18.2 Å². The van der Waals surface area contributed by atoms with Crippen molar-refractivity contribution >= 4 is 15.9 Å². The van der Waals surface area contributed by atoms with E-state index < -0.39 is 5.92 Å². The zero-order valence-electron chi connectivity index (χ0n) is 14.0. The SMILES string of the molecule is C#CCOc1ccc([C@@H]2C(C#N)=C(N)Oc3cc4c(cc32)OCO4)cc1Br. The molecule has 6 nitrogen and oxygen atoms in total. The third-order valence-corrected chi connectivity index (χ3v) is 4.93. The number of benzene rings is 2. The van der Waals surface area contributed by atoms with Gasteiger partial charge in [0, 0.05) is 11.6 Å². The largest absolute Gasteiger partial charge is 0.480 e. The second-order valence-electron chi connectivity index (χ2n) is 5.85. The van der Waals surface area contributed by atoms with Crippen molar-refractivity contribution in [3.63, 3.8) is 0 Å². The molecule has 2 aliphatic heterocycles. The quantitative estimate of drug-likeness (QED) is 0.759. The number of rotatable bonds is 3. The van der Waals surface area contributed by atoms with Gasteiger partial charge in [0.2, 0.25) is 12.7 Å². The maximum atomic E-state index is 9.67. The maximum absolute atomic E-state index is 9.67. The van der Waals surface area contributed by atoms with Crippen molar-refractivity contribution in [2.45, 2.75) is 5.92 Å². The van der Waals surface area contributed by atoms with Crippen LogP contribution >= 0.6 is 15.9 Å². The number of nitriles is 1. The highest BCUT2D eigenvalue weighted by Crippen LogP contribution is 2.48. The molecule has 7 heteroatoms. The highest BCUT2D eigenvalue weighted by atomic mass is 79.9. The monoisotopic (exact) mass is 424 g/mol. The van der Waals surface area contributed by atoms with Crippen LogP contribution in [0.3, 0.4) is 0 Å². The molecule has 2 heterocycles. The zero-order chi connectivity index (χ0) is 19.0. The van der Waals surface area contributed by atoms with Gasteiger partial charge >= 0.3 is 0 Å². The van der Waals surface area contributed by atoms with E-state index >= 15 is 0 Å². The van der Waals surface area contributed by atoms with Gasteiger partial charge in [-0.3, -0.25) is 0 Å². The molecule has 0 spiro atoms. The van der Waals surface area contributed by atoms with Gasteiger partial charge in [-0.1, -0.05) is 12.0 Å². The lowest BCUT2D eigenvalue weighted by Gasteiger charge is -2.27. The summed E-state index contributed by atoms with van der Waals surface area (Å²) in [6.07, 6.45) is 5.24. The van der Waals surface area contributed by atoms with Gasteiger partial charge in [-0.05, 0) is 39.7 Å². The minimum Gasteiger partial charge on any atom is -0.480 e. The number of halogens is 1. The fraction of sp³-hybridized carbons (Fsp3) is 0.150. The Labute approximate surface area is 164 Å². The van der Waals surface area contributed by atoms with Crippen molar-refractivity contribution in [3.05, 3.63) is 57.4 Å². The average molecular weight is 425 g/mol. The third kappa shape index (κ3) is 2.92. The normalized spacial score (nSPS) is 16.8. The van der Waals surface area contributed by atoms with Gasteiger partial charge in [0.15, 0.2) is 11.5 Å². The summed E-state index contributed by atoms with van der Waals surface area (Å²) in [5.41, 5.74) is 7.96. The van der Waals surface area contributed by atoms with Crippen molar-refractivity contribution < 1.29 is 18.9 Å². The lowest BCUT2D eigenvalue weighted by molar-refractivity contribution is 0.174. The van der Waals surface area contributed by atoms with E-state index in [1.54, 1.807) is 12.1 Å². The minimum atomic E-state index is -0.411. The van der Waals surface area contributed by atoms with Crippen LogP contribution < -0.4 is 24.7 Å². The van der Waals surface area contributed by atoms with E-state index in [1.165, 1.54) is 0 Å². The molecule has 134 valence electrons. The molecule has 1 atom stereocenters. The van der Waals surface area contributed by atoms with Gasteiger partial charge in [0.05, 0.1) is 10.4 Å². The third-order valence-electron chi connectivity index (χ3n) is 4.31. The molecule has 0 unspecified atom stereocenters. The second kappa shape index (κ2) is 6.79. The fourth-order valence-electron chi connectivity index (χ4n) is 3.12. The van der Waals surface area contributed by atoms with Gasteiger partial charge in [-0.15, -0.1) is 6.42 Å². The Kier molecular flexibility index (Phi) is 4.31. The Hall–Kier alpha value is -3.29. The van der Waals surface area contributed by atoms with Crippen molar-refractivity contribution in [1.29, 1.82) is 5.26 Å². The summed E-state index contributed by atoms with van der Waals surface area (Å²) >= 11 is 3.49. The first-order valence-corrected chi connectivity index (χ1v) is 8.78. The van der Waals surface area contributed by atoms with Gasteiger partial charge in [-0.2, -0.15) is 5.26 Å². The molecule has 0 amide bonds. The topological polar surface area (TPSA) is 86.7 Å². The first kappa shape index (κ1) is 17.1. The molecular formula is C20H13BrN2O4. The van der Waals surface area contributed by atoms with Crippen molar-refractivity contribution in [1.82, 2.24) is 0 Å². The number of hydrogen-bond donors (Lipinski definition) is 1. The van der Waals surface area contributed by atoms with Gasteiger partial charge in [-0.25, -0.2) is 0 Å². The molecule has 0 fully saturated rings. The molecule has 0 saturated carbocycles. The zero-order valence-corrected chi connectivity index (χ0v) is 15.6. The van der Waals surface area contributed by atoms with Gasteiger partial charge in [0.1, 0.15) is 29.7 Å². The van der Waals surface area contributed by atoms with E-state index in [4.69, 9.17) is 31.1 Å². The predicted molar refractivity (Wildman–Crippen MR) is 100 cm³/mol. The lowest BCUT2D eigenvalue weighted by atomic mass is 9.83. The summed E-state index contributed by atoms with van der Waals surface area (Å²) < 4.78 is 22.7. The summed E-state index contributed by atoms with van der Waals surface area (Å²) in [7, 11) is 0. The Morgan fingerprint density at radius 2 is 2.00 bits per heavy atom. The van der Waals surface area contributed by atoms with Crippen LogP contribution in [0.5, 0.6) is 23.0 Å². The number of allylic oxidation sites excluding steroid dienone is 1. The Bertz CT molecular complexity index is 1050. The molecular weight excluding hydrogens is 412 g/mol. The molecule has 2 N–H and O–H groups in total. The number of fused-ring (bicyclic) bond motifs is 2. The van der Waals surface area contributed by atoms with Crippen LogP contribution in [0.2, 0.25) is 0 Å².